The van der Waals surface area contributed by atoms with Gasteiger partial charge in [0.05, 0.1) is 5.69 Å². The molecule has 1 atom stereocenters. The van der Waals surface area contributed by atoms with Crippen LogP contribution >= 0.6 is 0 Å². The number of aromatic nitrogens is 2. The highest BCUT2D eigenvalue weighted by atomic mass is 16.5. The maximum absolute atomic E-state index is 5.69. The summed E-state index contributed by atoms with van der Waals surface area (Å²) in [4.78, 5) is 2.26. The summed E-state index contributed by atoms with van der Waals surface area (Å²) in [6, 6.07) is 3.79. The summed E-state index contributed by atoms with van der Waals surface area (Å²) in [6.45, 7) is 4.00. The van der Waals surface area contributed by atoms with Crippen LogP contribution in [-0.4, -0.2) is 41.3 Å². The third-order valence-corrected chi connectivity index (χ3v) is 2.41. The van der Waals surface area contributed by atoms with Crippen LogP contribution in [0.3, 0.4) is 0 Å². The van der Waals surface area contributed by atoms with E-state index in [1.165, 1.54) is 0 Å². The molecular weight excluding hydrogens is 178 g/mol. The van der Waals surface area contributed by atoms with Gasteiger partial charge in [0, 0.05) is 19.2 Å². The van der Waals surface area contributed by atoms with Crippen molar-refractivity contribution in [1.82, 2.24) is 15.1 Å². The highest BCUT2D eigenvalue weighted by molar-refractivity contribution is 5.10. The van der Waals surface area contributed by atoms with E-state index in [1.807, 2.05) is 19.1 Å². The molecule has 0 spiro atoms. The molecule has 1 saturated heterocycles. The molecule has 1 aliphatic heterocycles. The van der Waals surface area contributed by atoms with Crippen LogP contribution in [0.5, 0.6) is 5.88 Å². The minimum Gasteiger partial charge on any atom is -0.472 e. The molecule has 0 saturated carbocycles. The lowest BCUT2D eigenvalue weighted by Crippen LogP contribution is -2.21. The second-order valence-electron chi connectivity index (χ2n) is 3.80. The maximum atomic E-state index is 5.69. The molecule has 0 radical (unpaired) electrons. The Bertz CT molecular complexity index is 299. The highest BCUT2D eigenvalue weighted by Gasteiger charge is 2.21. The first-order valence-electron chi connectivity index (χ1n) is 4.89. The fraction of sp³-hybridized carbons (Fsp3) is 0.600. The summed E-state index contributed by atoms with van der Waals surface area (Å²) in [5, 5.41) is 7.93. The molecule has 2 heterocycles. The Morgan fingerprint density at radius 3 is 2.86 bits per heavy atom. The quantitative estimate of drug-likeness (QED) is 0.698. The lowest BCUT2D eigenvalue weighted by atomic mass is 10.3. The van der Waals surface area contributed by atoms with Gasteiger partial charge in [-0.15, -0.1) is 5.10 Å². The summed E-state index contributed by atoms with van der Waals surface area (Å²) in [5.41, 5.74) is 0.917. The minimum absolute atomic E-state index is 0.275. The summed E-state index contributed by atoms with van der Waals surface area (Å²) in [6.07, 6.45) is 1.35. The van der Waals surface area contributed by atoms with Gasteiger partial charge in [-0.1, -0.05) is 0 Å². The zero-order chi connectivity index (χ0) is 9.97. The average molecular weight is 193 g/mol. The van der Waals surface area contributed by atoms with Gasteiger partial charge in [0.1, 0.15) is 6.10 Å². The SMILES string of the molecule is Cc1ccc(OC2CCN(C)C2)nn1. The van der Waals surface area contributed by atoms with E-state index < -0.39 is 0 Å². The standard InChI is InChI=1S/C10H15N3O/c1-8-3-4-10(12-11-8)14-9-5-6-13(2)7-9/h3-4,9H,5-7H2,1-2H3. The topological polar surface area (TPSA) is 38.2 Å². The van der Waals surface area contributed by atoms with Crippen LogP contribution in [0.2, 0.25) is 0 Å². The van der Waals surface area contributed by atoms with E-state index in [4.69, 9.17) is 4.74 Å². The Morgan fingerprint density at radius 2 is 2.29 bits per heavy atom. The van der Waals surface area contributed by atoms with E-state index in [1.54, 1.807) is 0 Å². The third kappa shape index (κ3) is 2.20. The molecule has 0 aromatic carbocycles. The van der Waals surface area contributed by atoms with Crippen molar-refractivity contribution in [3.05, 3.63) is 17.8 Å². The van der Waals surface area contributed by atoms with E-state index in [-0.39, 0.29) is 6.10 Å². The van der Waals surface area contributed by atoms with Crippen LogP contribution in [0.25, 0.3) is 0 Å². The fourth-order valence-electron chi connectivity index (χ4n) is 1.61. The van der Waals surface area contributed by atoms with Crippen LogP contribution in [0.15, 0.2) is 12.1 Å². The van der Waals surface area contributed by atoms with Crippen molar-refractivity contribution in [2.75, 3.05) is 20.1 Å². The zero-order valence-electron chi connectivity index (χ0n) is 8.60. The minimum atomic E-state index is 0.275. The smallest absolute Gasteiger partial charge is 0.233 e. The molecule has 14 heavy (non-hydrogen) atoms. The van der Waals surface area contributed by atoms with Gasteiger partial charge in [0.15, 0.2) is 0 Å². The Balaban J connectivity index is 1.94. The van der Waals surface area contributed by atoms with Crippen LogP contribution in [-0.2, 0) is 0 Å². The number of rotatable bonds is 2. The lowest BCUT2D eigenvalue weighted by Gasteiger charge is -2.11. The van der Waals surface area contributed by atoms with E-state index in [2.05, 4.69) is 22.1 Å². The molecule has 0 aliphatic carbocycles. The number of likely N-dealkylation sites (N-methyl/N-ethyl adjacent to an activating group) is 1. The molecule has 1 aromatic rings. The van der Waals surface area contributed by atoms with Crippen LogP contribution in [0.4, 0.5) is 0 Å². The first kappa shape index (κ1) is 9.40. The van der Waals surface area contributed by atoms with Gasteiger partial charge in [-0.3, -0.25) is 0 Å². The Kier molecular flexibility index (Phi) is 2.63. The molecule has 0 N–H and O–H groups in total. The van der Waals surface area contributed by atoms with Crippen molar-refractivity contribution < 1.29 is 4.74 Å². The third-order valence-electron chi connectivity index (χ3n) is 2.41. The van der Waals surface area contributed by atoms with Gasteiger partial charge >= 0.3 is 0 Å². The first-order chi connectivity index (χ1) is 6.74. The molecule has 0 amide bonds. The van der Waals surface area contributed by atoms with Gasteiger partial charge in [-0.2, -0.15) is 5.10 Å². The number of hydrogen-bond donors (Lipinski definition) is 0. The number of nitrogens with zero attached hydrogens (tertiary/aromatic N) is 3. The van der Waals surface area contributed by atoms with E-state index in [9.17, 15) is 0 Å². The van der Waals surface area contributed by atoms with Crippen molar-refractivity contribution in [3.63, 3.8) is 0 Å². The average Bonchev–Trinajstić information content (AvgIpc) is 2.56. The summed E-state index contributed by atoms with van der Waals surface area (Å²) >= 11 is 0. The van der Waals surface area contributed by atoms with Gasteiger partial charge in [0.25, 0.3) is 0 Å². The van der Waals surface area contributed by atoms with E-state index >= 15 is 0 Å². The molecule has 76 valence electrons. The van der Waals surface area contributed by atoms with Gasteiger partial charge in [-0.05, 0) is 26.5 Å². The molecule has 1 aliphatic rings. The molecule has 1 aromatic heterocycles. The first-order valence-corrected chi connectivity index (χ1v) is 4.89. The Morgan fingerprint density at radius 1 is 1.43 bits per heavy atom. The highest BCUT2D eigenvalue weighted by Crippen LogP contribution is 2.14. The second-order valence-corrected chi connectivity index (χ2v) is 3.80. The molecular formula is C10H15N3O. The number of hydrogen-bond acceptors (Lipinski definition) is 4. The van der Waals surface area contributed by atoms with E-state index in [0.717, 1.165) is 25.2 Å². The van der Waals surface area contributed by atoms with Crippen LogP contribution in [0, 0.1) is 6.92 Å². The molecule has 4 nitrogen and oxygen atoms in total. The summed E-state index contributed by atoms with van der Waals surface area (Å²) in [5.74, 6) is 0.635. The number of ether oxygens (including phenoxy) is 1. The summed E-state index contributed by atoms with van der Waals surface area (Å²) < 4.78 is 5.69. The number of likely N-dealkylation sites (tertiary alicyclic amines) is 1. The fourth-order valence-corrected chi connectivity index (χ4v) is 1.61. The van der Waals surface area contributed by atoms with Crippen LogP contribution < -0.4 is 4.74 Å². The molecule has 1 fully saturated rings. The predicted molar refractivity (Wildman–Crippen MR) is 53.3 cm³/mol. The molecule has 0 bridgehead atoms. The lowest BCUT2D eigenvalue weighted by molar-refractivity contribution is 0.198. The molecule has 1 unspecified atom stereocenters. The van der Waals surface area contributed by atoms with Gasteiger partial charge < -0.3 is 9.64 Å². The van der Waals surface area contributed by atoms with Crippen molar-refractivity contribution >= 4 is 0 Å². The van der Waals surface area contributed by atoms with Crippen molar-refractivity contribution in [2.45, 2.75) is 19.4 Å². The second kappa shape index (κ2) is 3.92. The number of aryl methyl sites for hydroxylation is 1. The van der Waals surface area contributed by atoms with Gasteiger partial charge in [0.2, 0.25) is 5.88 Å². The zero-order valence-corrected chi connectivity index (χ0v) is 8.60. The normalized spacial score (nSPS) is 22.6. The maximum Gasteiger partial charge on any atom is 0.233 e. The van der Waals surface area contributed by atoms with E-state index in [0.29, 0.717) is 5.88 Å². The van der Waals surface area contributed by atoms with Crippen molar-refractivity contribution in [3.8, 4) is 5.88 Å². The van der Waals surface area contributed by atoms with Crippen molar-refractivity contribution in [1.29, 1.82) is 0 Å². The largest absolute Gasteiger partial charge is 0.472 e. The van der Waals surface area contributed by atoms with Crippen molar-refractivity contribution in [2.24, 2.45) is 0 Å². The van der Waals surface area contributed by atoms with Gasteiger partial charge in [-0.25, -0.2) is 0 Å². The predicted octanol–water partition coefficient (Wildman–Crippen LogP) is 0.868. The Hall–Kier alpha value is -1.16. The van der Waals surface area contributed by atoms with Crippen LogP contribution in [0.1, 0.15) is 12.1 Å². The Labute approximate surface area is 83.9 Å². The molecule has 4 heteroatoms. The molecule has 2 rings (SSSR count). The monoisotopic (exact) mass is 193 g/mol. The summed E-state index contributed by atoms with van der Waals surface area (Å²) in [7, 11) is 2.10.